The second kappa shape index (κ2) is 7.04. The fraction of sp³-hybridized carbons (Fsp3) is 0.0714. The summed E-state index contributed by atoms with van der Waals surface area (Å²) in [5.74, 6) is 0.533. The van der Waals surface area contributed by atoms with Gasteiger partial charge in [-0.25, -0.2) is 0 Å². The van der Waals surface area contributed by atoms with Crippen LogP contribution in [0.2, 0.25) is 5.02 Å². The molecule has 0 aliphatic rings. The summed E-state index contributed by atoms with van der Waals surface area (Å²) in [6, 6.07) is 17.4. The molecule has 2 N–H and O–H groups in total. The van der Waals surface area contributed by atoms with Gasteiger partial charge in [0.05, 0.1) is 6.54 Å². The third-order valence-electron chi connectivity index (χ3n) is 2.41. The van der Waals surface area contributed by atoms with Crippen LogP contribution in [0.4, 0.5) is 0 Å². The lowest BCUT2D eigenvalue weighted by Crippen LogP contribution is -2.13. The molecule has 0 unspecified atom stereocenters. The number of rotatable bonds is 3. The predicted molar refractivity (Wildman–Crippen MR) is 79.6 cm³/mol. The maximum atomic E-state index is 5.90. The average molecular weight is 281 g/mol. The maximum absolute atomic E-state index is 5.90. The number of hydrogen-bond acceptors (Lipinski definition) is 1. The summed E-state index contributed by atoms with van der Waals surface area (Å²) < 4.78 is 0. The van der Waals surface area contributed by atoms with E-state index in [2.05, 4.69) is 4.99 Å². The summed E-state index contributed by atoms with van der Waals surface area (Å²) in [4.78, 5) is 4.35. The summed E-state index contributed by atoms with van der Waals surface area (Å²) >= 11 is 5.81. The molecule has 0 aromatic heterocycles. The minimum Gasteiger partial charge on any atom is -0.383 e. The van der Waals surface area contributed by atoms with Gasteiger partial charge in [-0.05, 0) is 29.8 Å². The second-order valence-corrected chi connectivity index (χ2v) is 4.13. The first-order valence-corrected chi connectivity index (χ1v) is 5.73. The number of halogens is 2. The standard InChI is InChI=1S/C14H13ClN2.ClH/c15-13-8-6-12(7-9-13)14(16)17-10-11-4-2-1-3-5-11;/h1-9H,10H2,(H2,16,17);1H. The van der Waals surface area contributed by atoms with Gasteiger partial charge in [-0.3, -0.25) is 4.99 Å². The smallest absolute Gasteiger partial charge is 0.125 e. The Morgan fingerprint density at radius 3 is 2.22 bits per heavy atom. The lowest BCUT2D eigenvalue weighted by molar-refractivity contribution is 1.06. The lowest BCUT2D eigenvalue weighted by atomic mass is 10.2. The lowest BCUT2D eigenvalue weighted by Gasteiger charge is -2.01. The van der Waals surface area contributed by atoms with Gasteiger partial charge in [0.15, 0.2) is 0 Å². The number of benzene rings is 2. The van der Waals surface area contributed by atoms with Crippen molar-refractivity contribution in [2.75, 3.05) is 0 Å². The van der Waals surface area contributed by atoms with Crippen LogP contribution in [0, 0.1) is 0 Å². The Balaban J connectivity index is 0.00000162. The summed E-state index contributed by atoms with van der Waals surface area (Å²) in [5, 5.41) is 0.699. The summed E-state index contributed by atoms with van der Waals surface area (Å²) in [6.45, 7) is 0.593. The third-order valence-corrected chi connectivity index (χ3v) is 2.67. The van der Waals surface area contributed by atoms with Crippen LogP contribution in [0.25, 0.3) is 0 Å². The average Bonchev–Trinajstić information content (AvgIpc) is 2.38. The molecule has 0 saturated carbocycles. The quantitative estimate of drug-likeness (QED) is 0.676. The predicted octanol–water partition coefficient (Wildman–Crippen LogP) is 3.67. The molecule has 0 radical (unpaired) electrons. The van der Waals surface area contributed by atoms with E-state index in [4.69, 9.17) is 17.3 Å². The van der Waals surface area contributed by atoms with E-state index in [9.17, 15) is 0 Å². The molecule has 2 rings (SSSR count). The Hall–Kier alpha value is -1.51. The van der Waals surface area contributed by atoms with Crippen molar-refractivity contribution in [1.29, 1.82) is 0 Å². The van der Waals surface area contributed by atoms with Crippen molar-refractivity contribution < 1.29 is 0 Å². The molecule has 0 aliphatic heterocycles. The van der Waals surface area contributed by atoms with E-state index < -0.39 is 0 Å². The van der Waals surface area contributed by atoms with E-state index in [0.29, 0.717) is 17.4 Å². The zero-order valence-corrected chi connectivity index (χ0v) is 11.3. The highest BCUT2D eigenvalue weighted by molar-refractivity contribution is 6.30. The Morgan fingerprint density at radius 1 is 1.00 bits per heavy atom. The van der Waals surface area contributed by atoms with Crippen molar-refractivity contribution in [1.82, 2.24) is 0 Å². The zero-order valence-electron chi connectivity index (χ0n) is 9.71. The van der Waals surface area contributed by atoms with Crippen LogP contribution in [0.5, 0.6) is 0 Å². The molecular weight excluding hydrogens is 267 g/mol. The Labute approximate surface area is 118 Å². The molecule has 0 heterocycles. The molecule has 0 fully saturated rings. The highest BCUT2D eigenvalue weighted by Crippen LogP contribution is 2.09. The van der Waals surface area contributed by atoms with E-state index in [1.165, 1.54) is 0 Å². The monoisotopic (exact) mass is 280 g/mol. The number of nitrogens with two attached hydrogens (primary N) is 1. The molecule has 2 nitrogen and oxygen atoms in total. The molecule has 0 aliphatic carbocycles. The van der Waals surface area contributed by atoms with Gasteiger partial charge in [-0.2, -0.15) is 0 Å². The normalized spacial score (nSPS) is 10.8. The minimum absolute atomic E-state index is 0. The molecule has 18 heavy (non-hydrogen) atoms. The van der Waals surface area contributed by atoms with E-state index >= 15 is 0 Å². The summed E-state index contributed by atoms with van der Waals surface area (Å²) in [6.07, 6.45) is 0. The number of hydrogen-bond donors (Lipinski definition) is 1. The molecule has 0 saturated heterocycles. The first-order valence-electron chi connectivity index (χ1n) is 5.35. The van der Waals surface area contributed by atoms with E-state index in [-0.39, 0.29) is 12.4 Å². The summed E-state index contributed by atoms with van der Waals surface area (Å²) in [5.41, 5.74) is 7.94. The van der Waals surface area contributed by atoms with Crippen LogP contribution < -0.4 is 5.73 Å². The van der Waals surface area contributed by atoms with Crippen molar-refractivity contribution in [3.05, 3.63) is 70.7 Å². The Morgan fingerprint density at radius 2 is 1.61 bits per heavy atom. The molecule has 0 atom stereocenters. The van der Waals surface area contributed by atoms with E-state index in [0.717, 1.165) is 11.1 Å². The molecule has 94 valence electrons. The fourth-order valence-corrected chi connectivity index (χ4v) is 1.60. The zero-order chi connectivity index (χ0) is 12.1. The van der Waals surface area contributed by atoms with Gasteiger partial charge in [-0.15, -0.1) is 12.4 Å². The van der Waals surface area contributed by atoms with Gasteiger partial charge in [0.2, 0.25) is 0 Å². The van der Waals surface area contributed by atoms with Gasteiger partial charge < -0.3 is 5.73 Å². The summed E-state index contributed by atoms with van der Waals surface area (Å²) in [7, 11) is 0. The van der Waals surface area contributed by atoms with Crippen LogP contribution in [0.3, 0.4) is 0 Å². The van der Waals surface area contributed by atoms with Gasteiger partial charge in [0.25, 0.3) is 0 Å². The molecule has 2 aromatic rings. The number of nitrogens with zero attached hydrogens (tertiary/aromatic N) is 1. The number of aliphatic imine (C=N–C) groups is 1. The van der Waals surface area contributed by atoms with Crippen molar-refractivity contribution >= 4 is 29.8 Å². The van der Waals surface area contributed by atoms with Gasteiger partial charge >= 0.3 is 0 Å². The Bertz CT molecular complexity index is 507. The van der Waals surface area contributed by atoms with E-state index in [1.807, 2.05) is 54.6 Å². The van der Waals surface area contributed by atoms with Gasteiger partial charge in [0.1, 0.15) is 5.84 Å². The minimum atomic E-state index is 0. The molecule has 0 amide bonds. The SMILES string of the molecule is Cl.NC(=NCc1ccccc1)c1ccc(Cl)cc1. The topological polar surface area (TPSA) is 38.4 Å². The van der Waals surface area contributed by atoms with Gasteiger partial charge in [0, 0.05) is 10.6 Å². The molecule has 2 aromatic carbocycles. The van der Waals surface area contributed by atoms with Crippen LogP contribution in [0.1, 0.15) is 11.1 Å². The molecule has 0 bridgehead atoms. The third kappa shape index (κ3) is 4.06. The van der Waals surface area contributed by atoms with Crippen molar-refractivity contribution in [3.8, 4) is 0 Å². The number of amidine groups is 1. The molecular formula is C14H14Cl2N2. The highest BCUT2D eigenvalue weighted by Gasteiger charge is 1.97. The van der Waals surface area contributed by atoms with Crippen molar-refractivity contribution in [3.63, 3.8) is 0 Å². The molecule has 0 spiro atoms. The van der Waals surface area contributed by atoms with Crippen LogP contribution in [-0.2, 0) is 6.54 Å². The van der Waals surface area contributed by atoms with Crippen LogP contribution in [-0.4, -0.2) is 5.84 Å². The Kier molecular flexibility index (Phi) is 5.69. The van der Waals surface area contributed by atoms with Crippen molar-refractivity contribution in [2.45, 2.75) is 6.54 Å². The second-order valence-electron chi connectivity index (χ2n) is 3.69. The largest absolute Gasteiger partial charge is 0.383 e. The van der Waals surface area contributed by atoms with Gasteiger partial charge in [-0.1, -0.05) is 41.9 Å². The first kappa shape index (κ1) is 14.6. The fourth-order valence-electron chi connectivity index (χ4n) is 1.47. The van der Waals surface area contributed by atoms with Crippen LogP contribution in [0.15, 0.2) is 59.6 Å². The van der Waals surface area contributed by atoms with Crippen molar-refractivity contribution in [2.24, 2.45) is 10.7 Å². The molecule has 4 heteroatoms. The highest BCUT2D eigenvalue weighted by atomic mass is 35.5. The maximum Gasteiger partial charge on any atom is 0.125 e. The van der Waals surface area contributed by atoms with Crippen LogP contribution >= 0.6 is 24.0 Å². The first-order chi connectivity index (χ1) is 8.25. The van der Waals surface area contributed by atoms with E-state index in [1.54, 1.807) is 0 Å².